The van der Waals surface area contributed by atoms with Crippen LogP contribution >= 0.6 is 11.3 Å². The fourth-order valence-corrected chi connectivity index (χ4v) is 4.90. The van der Waals surface area contributed by atoms with Crippen molar-refractivity contribution in [2.75, 3.05) is 13.2 Å². The topological polar surface area (TPSA) is 41.5 Å². The fraction of sp³-hybridized carbons (Fsp3) is 0.565. The molecule has 0 amide bonds. The fourth-order valence-electron chi connectivity index (χ4n) is 4.01. The zero-order valence-corrected chi connectivity index (χ0v) is 17.4. The minimum Gasteiger partial charge on any atom is -0.491 e. The monoisotopic (exact) mass is 387 g/mol. The number of benzene rings is 1. The molecule has 3 unspecified atom stereocenters. The quantitative estimate of drug-likeness (QED) is 0.564. The van der Waals surface area contributed by atoms with Crippen LogP contribution in [0.2, 0.25) is 0 Å². The van der Waals surface area contributed by atoms with Crippen molar-refractivity contribution in [1.82, 2.24) is 5.32 Å². The summed E-state index contributed by atoms with van der Waals surface area (Å²) in [7, 11) is 0. The van der Waals surface area contributed by atoms with Gasteiger partial charge in [0.15, 0.2) is 0 Å². The zero-order valence-electron chi connectivity index (χ0n) is 16.6. The smallest absolute Gasteiger partial charge is 0.122 e. The van der Waals surface area contributed by atoms with E-state index in [1.165, 1.54) is 36.1 Å². The van der Waals surface area contributed by atoms with Crippen LogP contribution in [0.3, 0.4) is 0 Å². The van der Waals surface area contributed by atoms with Crippen molar-refractivity contribution in [3.8, 4) is 5.75 Å². The first-order valence-electron chi connectivity index (χ1n) is 10.4. The Hall–Kier alpha value is -1.36. The van der Waals surface area contributed by atoms with Gasteiger partial charge in [0.05, 0.1) is 0 Å². The van der Waals surface area contributed by atoms with Crippen LogP contribution in [0.4, 0.5) is 0 Å². The Balaban J connectivity index is 1.54. The first-order chi connectivity index (χ1) is 13.2. The molecule has 2 aromatic rings. The molecule has 0 radical (unpaired) electrons. The first kappa shape index (κ1) is 20.4. The summed E-state index contributed by atoms with van der Waals surface area (Å²) < 4.78 is 5.98. The summed E-state index contributed by atoms with van der Waals surface area (Å²) in [6.45, 7) is 5.29. The molecular weight excluding hydrogens is 354 g/mol. The van der Waals surface area contributed by atoms with Gasteiger partial charge in [-0.1, -0.05) is 51.0 Å². The molecule has 1 fully saturated rings. The summed E-state index contributed by atoms with van der Waals surface area (Å²) in [5, 5.41) is 16.3. The number of thiophene rings is 1. The van der Waals surface area contributed by atoms with E-state index in [9.17, 15) is 5.11 Å². The number of nitrogens with one attached hydrogen (secondary N) is 1. The normalized spacial score (nSPS) is 18.3. The average Bonchev–Trinajstić information content (AvgIpc) is 3.41. The van der Waals surface area contributed by atoms with E-state index >= 15 is 0 Å². The molecule has 0 bridgehead atoms. The number of hydrogen-bond acceptors (Lipinski definition) is 4. The lowest BCUT2D eigenvalue weighted by atomic mass is 9.96. The van der Waals surface area contributed by atoms with E-state index in [0.29, 0.717) is 31.0 Å². The van der Waals surface area contributed by atoms with Gasteiger partial charge in [0.25, 0.3) is 0 Å². The largest absolute Gasteiger partial charge is 0.491 e. The molecule has 1 aromatic carbocycles. The van der Waals surface area contributed by atoms with Crippen molar-refractivity contribution in [3.63, 3.8) is 0 Å². The van der Waals surface area contributed by atoms with Crippen molar-refractivity contribution in [3.05, 3.63) is 52.2 Å². The van der Waals surface area contributed by atoms with Crippen molar-refractivity contribution >= 4 is 11.3 Å². The number of para-hydroxylation sites is 1. The number of hydrogen-bond donors (Lipinski definition) is 2. The summed E-state index contributed by atoms with van der Waals surface area (Å²) in [5.41, 5.74) is 1.22. The van der Waals surface area contributed by atoms with Crippen LogP contribution in [-0.2, 0) is 0 Å². The maximum Gasteiger partial charge on any atom is 0.122 e. The molecule has 3 atom stereocenters. The number of aliphatic hydroxyl groups is 1. The maximum absolute atomic E-state index is 10.5. The molecule has 27 heavy (non-hydrogen) atoms. The van der Waals surface area contributed by atoms with Gasteiger partial charge in [-0.15, -0.1) is 11.3 Å². The molecule has 1 aliphatic rings. The van der Waals surface area contributed by atoms with Gasteiger partial charge in [-0.05, 0) is 54.2 Å². The minimum absolute atomic E-state index is 0.322. The van der Waals surface area contributed by atoms with Crippen molar-refractivity contribution in [2.45, 2.75) is 64.0 Å². The predicted molar refractivity (Wildman–Crippen MR) is 114 cm³/mol. The summed E-state index contributed by atoms with van der Waals surface area (Å²) in [5.74, 6) is 2.04. The van der Waals surface area contributed by atoms with Gasteiger partial charge in [0.1, 0.15) is 18.5 Å². The van der Waals surface area contributed by atoms with E-state index in [-0.39, 0.29) is 0 Å². The van der Waals surface area contributed by atoms with Gasteiger partial charge in [-0.25, -0.2) is 0 Å². The number of ether oxygens (including phenoxy) is 1. The number of rotatable bonds is 10. The third-order valence-electron chi connectivity index (χ3n) is 5.79. The van der Waals surface area contributed by atoms with Gasteiger partial charge in [-0.2, -0.15) is 0 Å². The van der Waals surface area contributed by atoms with Gasteiger partial charge in [-0.3, -0.25) is 0 Å². The van der Waals surface area contributed by atoms with Gasteiger partial charge in [0.2, 0.25) is 0 Å². The lowest BCUT2D eigenvalue weighted by Gasteiger charge is -2.25. The Morgan fingerprint density at radius 2 is 1.96 bits per heavy atom. The van der Waals surface area contributed by atoms with Gasteiger partial charge >= 0.3 is 0 Å². The van der Waals surface area contributed by atoms with Crippen LogP contribution in [0.15, 0.2) is 41.8 Å². The standard InChI is InChI=1S/C23H33NO2S/c1-3-17(2)20-11-6-7-12-21(20)26-16-19(25)15-24-23(18-9-4-5-10-18)22-13-8-14-27-22/h6-8,11-14,17-19,23-25H,3-5,9-10,15-16H2,1-2H3. The molecule has 1 aromatic heterocycles. The summed E-state index contributed by atoms with van der Waals surface area (Å²) >= 11 is 1.81. The van der Waals surface area contributed by atoms with E-state index in [2.05, 4.69) is 48.8 Å². The first-order valence-corrected chi connectivity index (χ1v) is 11.2. The summed E-state index contributed by atoms with van der Waals surface area (Å²) in [6, 6.07) is 12.9. The highest BCUT2D eigenvalue weighted by Gasteiger charge is 2.27. The Morgan fingerprint density at radius 3 is 2.67 bits per heavy atom. The second-order valence-corrected chi connectivity index (χ2v) is 8.74. The lowest BCUT2D eigenvalue weighted by molar-refractivity contribution is 0.100. The third-order valence-corrected chi connectivity index (χ3v) is 6.74. The SMILES string of the molecule is CCC(C)c1ccccc1OCC(O)CNC(c1cccs1)C1CCCC1. The Labute approximate surface area is 167 Å². The predicted octanol–water partition coefficient (Wildman–Crippen LogP) is 5.52. The molecular formula is C23H33NO2S. The van der Waals surface area contributed by atoms with Crippen LogP contribution in [0.5, 0.6) is 5.75 Å². The molecule has 1 heterocycles. The third kappa shape index (κ3) is 5.56. The Kier molecular flexibility index (Phi) is 7.74. The van der Waals surface area contributed by atoms with E-state index in [1.807, 2.05) is 23.5 Å². The highest BCUT2D eigenvalue weighted by Crippen LogP contribution is 2.37. The van der Waals surface area contributed by atoms with E-state index in [1.54, 1.807) is 0 Å². The van der Waals surface area contributed by atoms with Gasteiger partial charge in [0, 0.05) is 17.5 Å². The average molecular weight is 388 g/mol. The highest BCUT2D eigenvalue weighted by molar-refractivity contribution is 7.10. The van der Waals surface area contributed by atoms with Crippen molar-refractivity contribution in [2.24, 2.45) is 5.92 Å². The molecule has 4 heteroatoms. The van der Waals surface area contributed by atoms with E-state index < -0.39 is 6.10 Å². The molecule has 2 N–H and O–H groups in total. The van der Waals surface area contributed by atoms with Crippen molar-refractivity contribution < 1.29 is 9.84 Å². The van der Waals surface area contributed by atoms with E-state index in [0.717, 1.165) is 12.2 Å². The minimum atomic E-state index is -0.515. The molecule has 0 aliphatic heterocycles. The second kappa shape index (κ2) is 10.3. The molecule has 148 valence electrons. The molecule has 1 aliphatic carbocycles. The Morgan fingerprint density at radius 1 is 1.19 bits per heavy atom. The van der Waals surface area contributed by atoms with Gasteiger partial charge < -0.3 is 15.2 Å². The summed E-state index contributed by atoms with van der Waals surface area (Å²) in [4.78, 5) is 1.39. The molecule has 3 rings (SSSR count). The molecule has 1 saturated carbocycles. The molecule has 3 nitrogen and oxygen atoms in total. The van der Waals surface area contributed by atoms with Crippen molar-refractivity contribution in [1.29, 1.82) is 0 Å². The van der Waals surface area contributed by atoms with E-state index in [4.69, 9.17) is 4.74 Å². The maximum atomic E-state index is 10.5. The molecule has 0 saturated heterocycles. The summed E-state index contributed by atoms with van der Waals surface area (Å²) in [6.07, 6.45) is 5.78. The van der Waals surface area contributed by atoms with Crippen LogP contribution in [0, 0.1) is 5.92 Å². The van der Waals surface area contributed by atoms with Crippen LogP contribution in [-0.4, -0.2) is 24.4 Å². The lowest BCUT2D eigenvalue weighted by Crippen LogP contribution is -2.36. The Bertz CT molecular complexity index is 667. The van der Waals surface area contributed by atoms with Crippen LogP contribution in [0.1, 0.15) is 68.4 Å². The zero-order chi connectivity index (χ0) is 19.1. The van der Waals surface area contributed by atoms with Crippen LogP contribution in [0.25, 0.3) is 0 Å². The highest BCUT2D eigenvalue weighted by atomic mass is 32.1. The second-order valence-electron chi connectivity index (χ2n) is 7.76. The number of aliphatic hydroxyl groups excluding tert-OH is 1. The van der Waals surface area contributed by atoms with Crippen LogP contribution < -0.4 is 10.1 Å². The molecule has 0 spiro atoms.